The van der Waals surface area contributed by atoms with Crippen molar-refractivity contribution >= 4 is 41.0 Å². The van der Waals surface area contributed by atoms with Crippen LogP contribution in [-0.4, -0.2) is 16.3 Å². The molecule has 0 aliphatic rings. The Hall–Kier alpha value is -1.65. The number of aryl methyl sites for hydroxylation is 2. The van der Waals surface area contributed by atoms with Gasteiger partial charge in [0.05, 0.1) is 16.3 Å². The molecule has 0 bridgehead atoms. The minimum Gasteiger partial charge on any atom is -0.338 e. The predicted octanol–water partition coefficient (Wildman–Crippen LogP) is 3.96. The second-order valence-electron chi connectivity index (χ2n) is 4.05. The molecule has 1 aromatic carbocycles. The molecule has 0 spiro atoms. The van der Waals surface area contributed by atoms with E-state index in [1.165, 1.54) is 0 Å². The van der Waals surface area contributed by atoms with E-state index in [4.69, 9.17) is 23.2 Å². The summed E-state index contributed by atoms with van der Waals surface area (Å²) < 4.78 is 0. The van der Waals surface area contributed by atoms with Gasteiger partial charge in [0.1, 0.15) is 16.8 Å². The minimum atomic E-state index is 0.119. The third-order valence-corrected chi connectivity index (χ3v) is 3.12. The minimum absolute atomic E-state index is 0.119. The Labute approximate surface area is 120 Å². The number of hydrogen-bond acceptors (Lipinski definition) is 4. The van der Waals surface area contributed by atoms with Crippen LogP contribution in [-0.2, 0) is 0 Å². The van der Waals surface area contributed by atoms with Crippen LogP contribution in [0.3, 0.4) is 0 Å². The van der Waals surface area contributed by atoms with Crippen molar-refractivity contribution in [1.29, 1.82) is 0 Å². The highest BCUT2D eigenvalue weighted by molar-refractivity contribution is 6.33. The van der Waals surface area contributed by atoms with Gasteiger partial charge in [-0.25, -0.2) is 9.97 Å². The first-order valence-electron chi connectivity index (χ1n) is 5.53. The summed E-state index contributed by atoms with van der Waals surface area (Å²) in [6.45, 7) is 3.64. The number of aldehydes is 1. The number of rotatable bonds is 3. The Morgan fingerprint density at radius 3 is 2.63 bits per heavy atom. The molecule has 0 fully saturated rings. The van der Waals surface area contributed by atoms with E-state index in [1.807, 2.05) is 19.1 Å². The normalized spacial score (nSPS) is 10.3. The van der Waals surface area contributed by atoms with Gasteiger partial charge in [0.25, 0.3) is 0 Å². The van der Waals surface area contributed by atoms with Crippen LogP contribution in [0.2, 0.25) is 10.2 Å². The fraction of sp³-hybridized carbons (Fsp3) is 0.154. The molecule has 19 heavy (non-hydrogen) atoms. The quantitative estimate of drug-likeness (QED) is 0.688. The van der Waals surface area contributed by atoms with Crippen molar-refractivity contribution in [3.63, 3.8) is 0 Å². The number of anilines is 2. The first kappa shape index (κ1) is 13.8. The van der Waals surface area contributed by atoms with E-state index in [1.54, 1.807) is 13.0 Å². The number of benzene rings is 1. The summed E-state index contributed by atoms with van der Waals surface area (Å²) in [6.07, 6.45) is 0.619. The largest absolute Gasteiger partial charge is 0.338 e. The topological polar surface area (TPSA) is 54.9 Å². The third kappa shape index (κ3) is 3.03. The van der Waals surface area contributed by atoms with Gasteiger partial charge in [-0.2, -0.15) is 0 Å². The summed E-state index contributed by atoms with van der Waals surface area (Å²) >= 11 is 12.0. The molecular formula is C13H11Cl2N3O. The van der Waals surface area contributed by atoms with Gasteiger partial charge in [0.15, 0.2) is 6.29 Å². The molecule has 1 N–H and O–H groups in total. The Bertz CT molecular complexity index is 644. The number of carbonyl (C=O) groups is 1. The van der Waals surface area contributed by atoms with Crippen LogP contribution in [0, 0.1) is 13.8 Å². The van der Waals surface area contributed by atoms with Crippen LogP contribution >= 0.6 is 23.2 Å². The lowest BCUT2D eigenvalue weighted by atomic mass is 10.2. The summed E-state index contributed by atoms with van der Waals surface area (Å²) in [4.78, 5) is 19.2. The van der Waals surface area contributed by atoms with Gasteiger partial charge in [0.2, 0.25) is 0 Å². The zero-order valence-electron chi connectivity index (χ0n) is 10.4. The van der Waals surface area contributed by atoms with Gasteiger partial charge in [-0.1, -0.05) is 29.3 Å². The number of nitrogens with zero attached hydrogens (tertiary/aromatic N) is 2. The number of carbonyl (C=O) groups excluding carboxylic acids is 1. The van der Waals surface area contributed by atoms with Crippen molar-refractivity contribution in [2.24, 2.45) is 0 Å². The van der Waals surface area contributed by atoms with Crippen molar-refractivity contribution < 1.29 is 4.79 Å². The summed E-state index contributed by atoms with van der Waals surface area (Å²) in [5.74, 6) is 0.821. The zero-order valence-corrected chi connectivity index (χ0v) is 11.9. The Morgan fingerprint density at radius 1 is 1.21 bits per heavy atom. The molecular weight excluding hydrogens is 285 g/mol. The Balaban J connectivity index is 2.48. The van der Waals surface area contributed by atoms with E-state index in [0.717, 1.165) is 5.56 Å². The molecule has 2 rings (SSSR count). The van der Waals surface area contributed by atoms with E-state index in [2.05, 4.69) is 15.3 Å². The molecule has 0 saturated heterocycles. The van der Waals surface area contributed by atoms with Crippen LogP contribution < -0.4 is 5.32 Å². The Morgan fingerprint density at radius 2 is 1.95 bits per heavy atom. The van der Waals surface area contributed by atoms with Crippen LogP contribution in [0.25, 0.3) is 0 Å². The molecule has 0 aliphatic carbocycles. The predicted molar refractivity (Wildman–Crippen MR) is 76.6 cm³/mol. The van der Waals surface area contributed by atoms with Gasteiger partial charge >= 0.3 is 0 Å². The second-order valence-corrected chi connectivity index (χ2v) is 4.82. The average Bonchev–Trinajstić information content (AvgIpc) is 2.33. The van der Waals surface area contributed by atoms with E-state index < -0.39 is 0 Å². The van der Waals surface area contributed by atoms with Gasteiger partial charge in [-0.15, -0.1) is 0 Å². The fourth-order valence-electron chi connectivity index (χ4n) is 1.61. The second kappa shape index (κ2) is 5.55. The fourth-order valence-corrected chi connectivity index (χ4v) is 2.03. The molecule has 4 nitrogen and oxygen atoms in total. The van der Waals surface area contributed by atoms with Crippen LogP contribution in [0.4, 0.5) is 11.5 Å². The summed E-state index contributed by atoms with van der Waals surface area (Å²) in [5, 5.41) is 3.67. The number of hydrogen-bond donors (Lipinski definition) is 1. The van der Waals surface area contributed by atoms with E-state index in [-0.39, 0.29) is 10.7 Å². The maximum absolute atomic E-state index is 11.1. The number of halogens is 2. The molecule has 0 amide bonds. The zero-order chi connectivity index (χ0) is 14.0. The molecule has 0 unspecified atom stereocenters. The van der Waals surface area contributed by atoms with Crippen molar-refractivity contribution in [3.8, 4) is 0 Å². The van der Waals surface area contributed by atoms with Crippen molar-refractivity contribution in [1.82, 2.24) is 9.97 Å². The lowest BCUT2D eigenvalue weighted by Crippen LogP contribution is -2.03. The smallest absolute Gasteiger partial charge is 0.156 e. The summed E-state index contributed by atoms with van der Waals surface area (Å²) in [6, 6.07) is 5.53. The maximum atomic E-state index is 11.1. The molecule has 2 aromatic rings. The molecule has 0 atom stereocenters. The van der Waals surface area contributed by atoms with Gasteiger partial charge in [-0.05, 0) is 31.5 Å². The average molecular weight is 296 g/mol. The lowest BCUT2D eigenvalue weighted by molar-refractivity contribution is 0.112. The summed E-state index contributed by atoms with van der Waals surface area (Å²) in [7, 11) is 0. The van der Waals surface area contributed by atoms with Gasteiger partial charge in [0, 0.05) is 0 Å². The van der Waals surface area contributed by atoms with E-state index in [9.17, 15) is 4.79 Å². The third-order valence-electron chi connectivity index (χ3n) is 2.50. The van der Waals surface area contributed by atoms with Gasteiger partial charge < -0.3 is 5.32 Å². The van der Waals surface area contributed by atoms with E-state index in [0.29, 0.717) is 28.6 Å². The molecule has 0 aliphatic heterocycles. The first-order chi connectivity index (χ1) is 9.01. The number of nitrogens with one attached hydrogen (secondary N) is 1. The molecule has 0 radical (unpaired) electrons. The highest BCUT2D eigenvalue weighted by Gasteiger charge is 2.12. The molecule has 6 heteroatoms. The van der Waals surface area contributed by atoms with Crippen molar-refractivity contribution in [3.05, 3.63) is 45.3 Å². The van der Waals surface area contributed by atoms with Crippen LogP contribution in [0.5, 0.6) is 0 Å². The number of aromatic nitrogens is 2. The standard InChI is InChI=1S/C13H11Cl2N3O/c1-7-3-4-10(14)11(5-7)18-13-9(6-19)12(15)16-8(2)17-13/h3-6H,1-2H3,(H,16,17,18). The van der Waals surface area contributed by atoms with E-state index >= 15 is 0 Å². The van der Waals surface area contributed by atoms with Crippen molar-refractivity contribution in [2.45, 2.75) is 13.8 Å². The highest BCUT2D eigenvalue weighted by Crippen LogP contribution is 2.28. The van der Waals surface area contributed by atoms with Crippen LogP contribution in [0.15, 0.2) is 18.2 Å². The molecule has 1 heterocycles. The van der Waals surface area contributed by atoms with Crippen LogP contribution in [0.1, 0.15) is 21.7 Å². The molecule has 98 valence electrons. The first-order valence-corrected chi connectivity index (χ1v) is 6.29. The lowest BCUT2D eigenvalue weighted by Gasteiger charge is -2.11. The van der Waals surface area contributed by atoms with Crippen molar-refractivity contribution in [2.75, 3.05) is 5.32 Å². The maximum Gasteiger partial charge on any atom is 0.156 e. The molecule has 0 saturated carbocycles. The monoisotopic (exact) mass is 295 g/mol. The van der Waals surface area contributed by atoms with Gasteiger partial charge in [-0.3, -0.25) is 4.79 Å². The Kier molecular flexibility index (Phi) is 4.02. The molecule has 1 aromatic heterocycles. The SMILES string of the molecule is Cc1ccc(Cl)c(Nc2nc(C)nc(Cl)c2C=O)c1. The highest BCUT2D eigenvalue weighted by atomic mass is 35.5. The summed E-state index contributed by atoms with van der Waals surface area (Å²) in [5.41, 5.74) is 1.92.